The van der Waals surface area contributed by atoms with Crippen LogP contribution in [-0.2, 0) is 9.16 Å². The second-order valence-electron chi connectivity index (χ2n) is 7.60. The van der Waals surface area contributed by atoms with Gasteiger partial charge in [-0.05, 0) is 51.4 Å². The maximum Gasteiger partial charge on any atom is 0.242 e. The van der Waals surface area contributed by atoms with Crippen LogP contribution in [-0.4, -0.2) is 20.0 Å². The van der Waals surface area contributed by atoms with Gasteiger partial charge in [-0.15, -0.1) is 0 Å². The molecule has 0 bridgehead atoms. The molecule has 2 fully saturated rings. The topological polar surface area (TPSA) is 21.8 Å². The van der Waals surface area contributed by atoms with E-state index in [-0.39, 0.29) is 5.60 Å². The van der Waals surface area contributed by atoms with E-state index < -0.39 is 8.32 Å². The molecule has 1 saturated carbocycles. The van der Waals surface area contributed by atoms with Crippen LogP contribution in [0.5, 0.6) is 0 Å². The molecule has 1 aromatic carbocycles. The maximum atomic E-state index is 6.32. The van der Waals surface area contributed by atoms with Gasteiger partial charge in [-0.1, -0.05) is 43.2 Å². The standard InChI is InChI=1S/C19H28O2Si/c1-22(2,3)21-17(16-10-5-4-6-11-16)12-9-15-19-14-8-7-13-18(19)20-19/h4-6,10-12,18H,7-9,13-15H2,1-3H3/b17-12-/t18-,19-/m1/s1. The molecule has 0 N–H and O–H groups in total. The van der Waals surface area contributed by atoms with Gasteiger partial charge >= 0.3 is 0 Å². The van der Waals surface area contributed by atoms with E-state index >= 15 is 0 Å². The Labute approximate surface area is 135 Å². The number of hydrogen-bond donors (Lipinski definition) is 0. The molecule has 0 aromatic heterocycles. The van der Waals surface area contributed by atoms with Crippen molar-refractivity contribution in [3.8, 4) is 0 Å². The predicted molar refractivity (Wildman–Crippen MR) is 94.2 cm³/mol. The van der Waals surface area contributed by atoms with Crippen molar-refractivity contribution < 1.29 is 9.16 Å². The van der Waals surface area contributed by atoms with Gasteiger partial charge in [-0.25, -0.2) is 0 Å². The van der Waals surface area contributed by atoms with Crippen molar-refractivity contribution in [2.75, 3.05) is 0 Å². The summed E-state index contributed by atoms with van der Waals surface area (Å²) in [5.74, 6) is 1.06. The van der Waals surface area contributed by atoms with E-state index in [1.165, 1.54) is 31.2 Å². The number of hydrogen-bond acceptors (Lipinski definition) is 2. The Morgan fingerprint density at radius 3 is 2.73 bits per heavy atom. The third-order valence-corrected chi connectivity index (χ3v) is 5.43. The summed E-state index contributed by atoms with van der Waals surface area (Å²) in [6.45, 7) is 6.72. The zero-order valence-electron chi connectivity index (χ0n) is 14.1. The molecular weight excluding hydrogens is 288 g/mol. The highest BCUT2D eigenvalue weighted by molar-refractivity contribution is 6.70. The van der Waals surface area contributed by atoms with Gasteiger partial charge in [0.25, 0.3) is 0 Å². The van der Waals surface area contributed by atoms with Crippen molar-refractivity contribution in [3.63, 3.8) is 0 Å². The van der Waals surface area contributed by atoms with E-state index in [0.717, 1.165) is 18.6 Å². The van der Waals surface area contributed by atoms with Crippen LogP contribution in [0.15, 0.2) is 36.4 Å². The summed E-state index contributed by atoms with van der Waals surface area (Å²) in [7, 11) is -1.60. The van der Waals surface area contributed by atoms with Crippen LogP contribution in [0.4, 0.5) is 0 Å². The molecule has 1 aliphatic heterocycles. The molecule has 2 aliphatic rings. The Bertz CT molecular complexity index is 532. The fourth-order valence-corrected chi connectivity index (χ4v) is 4.35. The predicted octanol–water partition coefficient (Wildman–Crippen LogP) is 5.37. The van der Waals surface area contributed by atoms with Crippen LogP contribution in [0.3, 0.4) is 0 Å². The Balaban J connectivity index is 1.66. The largest absolute Gasteiger partial charge is 0.544 e. The lowest BCUT2D eigenvalue weighted by atomic mass is 9.86. The first-order valence-corrected chi connectivity index (χ1v) is 12.0. The van der Waals surface area contributed by atoms with Gasteiger partial charge in [0.1, 0.15) is 5.76 Å². The van der Waals surface area contributed by atoms with E-state index in [0.29, 0.717) is 6.10 Å². The minimum absolute atomic E-state index is 0.218. The molecule has 0 amide bonds. The van der Waals surface area contributed by atoms with Crippen molar-refractivity contribution in [2.45, 2.75) is 69.9 Å². The summed E-state index contributed by atoms with van der Waals surface area (Å²) < 4.78 is 12.3. The minimum Gasteiger partial charge on any atom is -0.544 e. The molecule has 3 rings (SSSR count). The first-order valence-electron chi connectivity index (χ1n) is 8.61. The lowest BCUT2D eigenvalue weighted by molar-refractivity contribution is 0.272. The van der Waals surface area contributed by atoms with Crippen LogP contribution in [0.1, 0.15) is 44.1 Å². The molecule has 0 unspecified atom stereocenters. The van der Waals surface area contributed by atoms with Gasteiger partial charge in [-0.3, -0.25) is 0 Å². The van der Waals surface area contributed by atoms with E-state index in [1.807, 2.05) is 0 Å². The fraction of sp³-hybridized carbons (Fsp3) is 0.579. The Kier molecular flexibility index (Phi) is 4.46. The molecular formula is C19H28O2Si. The molecule has 0 spiro atoms. The Morgan fingerprint density at radius 1 is 1.27 bits per heavy atom. The Hall–Kier alpha value is -1.06. The van der Waals surface area contributed by atoms with Crippen LogP contribution < -0.4 is 0 Å². The number of rotatable bonds is 6. The Morgan fingerprint density at radius 2 is 2.05 bits per heavy atom. The second-order valence-corrected chi connectivity index (χ2v) is 12.0. The lowest BCUT2D eigenvalue weighted by Gasteiger charge is -2.22. The van der Waals surface area contributed by atoms with E-state index in [1.54, 1.807) is 0 Å². The number of epoxide rings is 1. The molecule has 0 radical (unpaired) electrons. The smallest absolute Gasteiger partial charge is 0.242 e. The van der Waals surface area contributed by atoms with Crippen molar-refractivity contribution in [1.29, 1.82) is 0 Å². The van der Waals surface area contributed by atoms with E-state index in [2.05, 4.69) is 56.0 Å². The lowest BCUT2D eigenvalue weighted by Crippen LogP contribution is -2.24. The third kappa shape index (κ3) is 3.82. The first-order chi connectivity index (χ1) is 10.5. The molecule has 1 saturated heterocycles. The molecule has 2 atom stereocenters. The maximum absolute atomic E-state index is 6.32. The number of allylic oxidation sites excluding steroid dienone is 1. The molecule has 120 valence electrons. The van der Waals surface area contributed by atoms with Crippen LogP contribution in [0.2, 0.25) is 19.6 Å². The zero-order valence-corrected chi connectivity index (χ0v) is 15.1. The van der Waals surface area contributed by atoms with Crippen LogP contribution in [0, 0.1) is 0 Å². The SMILES string of the molecule is C[Si](C)(C)O/C(=C\CC[C@]12CCCC[C@H]1O2)c1ccccc1. The van der Waals surface area contributed by atoms with Crippen LogP contribution >= 0.6 is 0 Å². The highest BCUT2D eigenvalue weighted by Gasteiger charge is 2.55. The second kappa shape index (κ2) is 6.21. The highest BCUT2D eigenvalue weighted by Crippen LogP contribution is 2.50. The summed E-state index contributed by atoms with van der Waals surface area (Å²) in [6.07, 6.45) is 10.2. The normalized spacial score (nSPS) is 28.1. The van der Waals surface area contributed by atoms with E-state index in [4.69, 9.17) is 9.16 Å². The van der Waals surface area contributed by atoms with Crippen molar-refractivity contribution in [2.24, 2.45) is 0 Å². The van der Waals surface area contributed by atoms with Gasteiger partial charge in [-0.2, -0.15) is 0 Å². The van der Waals surface area contributed by atoms with E-state index in [9.17, 15) is 0 Å². The molecule has 1 aromatic rings. The molecule has 2 nitrogen and oxygen atoms in total. The van der Waals surface area contributed by atoms with Crippen LogP contribution in [0.25, 0.3) is 5.76 Å². The van der Waals surface area contributed by atoms with Gasteiger partial charge in [0.05, 0.1) is 11.7 Å². The summed E-state index contributed by atoms with van der Waals surface area (Å²) in [4.78, 5) is 0. The summed E-state index contributed by atoms with van der Waals surface area (Å²) in [5.41, 5.74) is 1.41. The summed E-state index contributed by atoms with van der Waals surface area (Å²) in [5, 5.41) is 0. The van der Waals surface area contributed by atoms with Crippen molar-refractivity contribution in [1.82, 2.24) is 0 Å². The van der Waals surface area contributed by atoms with Gasteiger partial charge < -0.3 is 9.16 Å². The number of benzene rings is 1. The summed E-state index contributed by atoms with van der Waals surface area (Å²) in [6, 6.07) is 10.5. The van der Waals surface area contributed by atoms with Gasteiger partial charge in [0, 0.05) is 5.56 Å². The van der Waals surface area contributed by atoms with Crippen molar-refractivity contribution >= 4 is 14.1 Å². The average molecular weight is 317 g/mol. The average Bonchev–Trinajstić information content (AvgIpc) is 3.20. The minimum atomic E-state index is -1.60. The first kappa shape index (κ1) is 15.8. The molecule has 1 aliphatic carbocycles. The zero-order chi connectivity index (χ0) is 15.6. The molecule has 1 heterocycles. The number of ether oxygens (including phenoxy) is 1. The highest BCUT2D eigenvalue weighted by atomic mass is 28.4. The third-order valence-electron chi connectivity index (χ3n) is 4.59. The van der Waals surface area contributed by atoms with Gasteiger partial charge in [0.2, 0.25) is 8.32 Å². The van der Waals surface area contributed by atoms with Gasteiger partial charge in [0.15, 0.2) is 0 Å². The molecule has 3 heteroatoms. The summed E-state index contributed by atoms with van der Waals surface area (Å²) >= 11 is 0. The van der Waals surface area contributed by atoms with Crippen molar-refractivity contribution in [3.05, 3.63) is 42.0 Å². The number of fused-ring (bicyclic) bond motifs is 1. The monoisotopic (exact) mass is 316 g/mol. The molecule has 22 heavy (non-hydrogen) atoms. The fourth-order valence-electron chi connectivity index (χ4n) is 3.49. The quantitative estimate of drug-likeness (QED) is 0.400.